The molecular weight excluding hydrogens is 617 g/mol. The Labute approximate surface area is 296 Å². The molecule has 7 aromatic carbocycles. The van der Waals surface area contributed by atoms with Crippen LogP contribution < -0.4 is 0 Å². The van der Waals surface area contributed by atoms with E-state index in [9.17, 15) is 0 Å². The largest absolute Gasteiger partial charge is 0.255 e. The summed E-state index contributed by atoms with van der Waals surface area (Å²) in [6.45, 7) is 0. The van der Waals surface area contributed by atoms with Gasteiger partial charge in [0.15, 0.2) is 0 Å². The first kappa shape index (κ1) is 28.2. The molecule has 1 spiro atoms. The normalized spacial score (nSPS) is 13.3. The Hall–Kier alpha value is -6.64. The Morgan fingerprint density at radius 3 is 1.82 bits per heavy atom. The molecule has 0 aliphatic heterocycles. The van der Waals surface area contributed by atoms with Gasteiger partial charge in [-0.2, -0.15) is 0 Å². The molecule has 2 heteroatoms. The van der Waals surface area contributed by atoms with Gasteiger partial charge in [-0.1, -0.05) is 133 Å². The van der Waals surface area contributed by atoms with Gasteiger partial charge in [0.05, 0.1) is 22.5 Å². The Balaban J connectivity index is 1.08. The molecule has 0 unspecified atom stereocenters. The van der Waals surface area contributed by atoms with E-state index in [1.54, 1.807) is 0 Å². The average Bonchev–Trinajstić information content (AvgIpc) is 3.67. The predicted octanol–water partition coefficient (Wildman–Crippen LogP) is 12.1. The minimum absolute atomic E-state index is 0.401. The molecule has 0 radical (unpaired) electrons. The number of hydrogen-bond acceptors (Lipinski definition) is 2. The van der Waals surface area contributed by atoms with Gasteiger partial charge < -0.3 is 0 Å². The second-order valence-electron chi connectivity index (χ2n) is 13.7. The third-order valence-electron chi connectivity index (χ3n) is 11.1. The molecule has 0 saturated carbocycles. The first-order valence-electron chi connectivity index (χ1n) is 17.6. The molecule has 2 aliphatic carbocycles. The Morgan fingerprint density at radius 1 is 0.353 bits per heavy atom. The van der Waals surface area contributed by atoms with Crippen molar-refractivity contribution in [2.24, 2.45) is 0 Å². The second kappa shape index (κ2) is 10.7. The quantitative estimate of drug-likeness (QED) is 0.191. The van der Waals surface area contributed by atoms with Gasteiger partial charge in [0.25, 0.3) is 0 Å². The maximum Gasteiger partial charge on any atom is 0.0893 e. The standard InChI is InChI=1S/C49H30N2/c1-2-11-37-32(10-1)25-26-40-41-29-35-24-23-34(31-19-21-33(22-20-31)45-17-9-18-47(51-45)46-16-7-8-27-50-46)28-36(35)30-44(41)49(48(37)40)42-14-5-3-12-38(42)39-13-4-6-15-43(39)49/h1-30H. The van der Waals surface area contributed by atoms with Gasteiger partial charge in [-0.3, -0.25) is 4.98 Å². The highest BCUT2D eigenvalue weighted by molar-refractivity contribution is 6.06. The maximum atomic E-state index is 4.93. The monoisotopic (exact) mass is 646 g/mol. The van der Waals surface area contributed by atoms with Crippen LogP contribution in [0.5, 0.6) is 0 Å². The topological polar surface area (TPSA) is 25.8 Å². The Bertz CT molecular complexity index is 2800. The van der Waals surface area contributed by atoms with E-state index in [1.807, 2.05) is 30.5 Å². The molecular formula is C49H30N2. The fourth-order valence-corrected chi connectivity index (χ4v) is 8.93. The molecule has 9 aromatic rings. The summed E-state index contributed by atoms with van der Waals surface area (Å²) in [6, 6.07) is 64.3. The zero-order valence-corrected chi connectivity index (χ0v) is 27.7. The highest BCUT2D eigenvalue weighted by Crippen LogP contribution is 2.64. The van der Waals surface area contributed by atoms with Crippen molar-refractivity contribution in [2.75, 3.05) is 0 Å². The summed E-state index contributed by atoms with van der Waals surface area (Å²) in [4.78, 5) is 9.42. The van der Waals surface area contributed by atoms with E-state index in [1.165, 1.54) is 77.2 Å². The van der Waals surface area contributed by atoms with Crippen LogP contribution in [0.1, 0.15) is 22.3 Å². The molecule has 236 valence electrons. The lowest BCUT2D eigenvalue weighted by molar-refractivity contribution is 0.802. The molecule has 2 aliphatic rings. The minimum Gasteiger partial charge on any atom is -0.255 e. The third kappa shape index (κ3) is 3.99. The summed E-state index contributed by atoms with van der Waals surface area (Å²) in [5.74, 6) is 0. The van der Waals surface area contributed by atoms with Gasteiger partial charge in [-0.05, 0) is 120 Å². The van der Waals surface area contributed by atoms with E-state index >= 15 is 0 Å². The van der Waals surface area contributed by atoms with Gasteiger partial charge in [0.2, 0.25) is 0 Å². The lowest BCUT2D eigenvalue weighted by atomic mass is 9.69. The van der Waals surface area contributed by atoms with E-state index in [0.29, 0.717) is 0 Å². The third-order valence-corrected chi connectivity index (χ3v) is 11.1. The fourth-order valence-electron chi connectivity index (χ4n) is 8.93. The van der Waals surface area contributed by atoms with Crippen LogP contribution in [0, 0.1) is 0 Å². The molecule has 2 aromatic heterocycles. The number of benzene rings is 7. The number of nitrogens with zero attached hydrogens (tertiary/aromatic N) is 2. The van der Waals surface area contributed by atoms with Crippen molar-refractivity contribution in [1.29, 1.82) is 0 Å². The van der Waals surface area contributed by atoms with Crippen LogP contribution in [0.25, 0.3) is 77.6 Å². The minimum atomic E-state index is -0.401. The smallest absolute Gasteiger partial charge is 0.0893 e. The van der Waals surface area contributed by atoms with Gasteiger partial charge >= 0.3 is 0 Å². The van der Waals surface area contributed by atoms with Gasteiger partial charge in [-0.15, -0.1) is 0 Å². The number of aromatic nitrogens is 2. The summed E-state index contributed by atoms with van der Waals surface area (Å²) in [6.07, 6.45) is 1.81. The van der Waals surface area contributed by atoms with E-state index in [4.69, 9.17) is 4.98 Å². The molecule has 0 N–H and O–H groups in total. The van der Waals surface area contributed by atoms with E-state index in [0.717, 1.165) is 22.6 Å². The van der Waals surface area contributed by atoms with Gasteiger partial charge in [0.1, 0.15) is 0 Å². The fraction of sp³-hybridized carbons (Fsp3) is 0.0204. The molecule has 0 atom stereocenters. The number of hydrogen-bond donors (Lipinski definition) is 0. The van der Waals surface area contributed by atoms with Gasteiger partial charge in [0, 0.05) is 11.8 Å². The summed E-state index contributed by atoms with van der Waals surface area (Å²) < 4.78 is 0. The highest BCUT2D eigenvalue weighted by atomic mass is 14.8. The molecule has 2 nitrogen and oxygen atoms in total. The van der Waals surface area contributed by atoms with E-state index in [-0.39, 0.29) is 0 Å². The predicted molar refractivity (Wildman–Crippen MR) is 210 cm³/mol. The van der Waals surface area contributed by atoms with Crippen LogP contribution in [0.2, 0.25) is 0 Å². The summed E-state index contributed by atoms with van der Waals surface area (Å²) in [5.41, 5.74) is 16.6. The molecule has 51 heavy (non-hydrogen) atoms. The van der Waals surface area contributed by atoms with Crippen molar-refractivity contribution in [2.45, 2.75) is 5.41 Å². The summed E-state index contributed by atoms with van der Waals surface area (Å²) in [5, 5.41) is 5.10. The molecule has 11 rings (SSSR count). The Morgan fingerprint density at radius 2 is 1.02 bits per heavy atom. The van der Waals surface area contributed by atoms with Crippen molar-refractivity contribution in [3.8, 4) is 56.0 Å². The summed E-state index contributed by atoms with van der Waals surface area (Å²) >= 11 is 0. The molecule has 0 amide bonds. The first-order valence-corrected chi connectivity index (χ1v) is 17.6. The van der Waals surface area contributed by atoms with Crippen LogP contribution in [0.4, 0.5) is 0 Å². The van der Waals surface area contributed by atoms with Crippen LogP contribution in [0.3, 0.4) is 0 Å². The zero-order valence-electron chi connectivity index (χ0n) is 27.7. The number of fused-ring (bicyclic) bond motifs is 13. The molecule has 0 bridgehead atoms. The lowest BCUT2D eigenvalue weighted by Crippen LogP contribution is -2.26. The SMILES string of the molecule is c1ccc(-c2cccc(-c3ccc(-c4ccc5cc6c(cc5c4)C4(c5ccccc5-c5ccccc54)c4c-6ccc5ccccc45)cc3)n2)nc1. The molecule has 0 saturated heterocycles. The molecule has 0 fully saturated rings. The van der Waals surface area contributed by atoms with Crippen molar-refractivity contribution in [3.63, 3.8) is 0 Å². The number of rotatable bonds is 3. The second-order valence-corrected chi connectivity index (χ2v) is 13.7. The zero-order chi connectivity index (χ0) is 33.5. The first-order chi connectivity index (χ1) is 25.3. The maximum absolute atomic E-state index is 4.93. The van der Waals surface area contributed by atoms with E-state index in [2.05, 4.69) is 157 Å². The van der Waals surface area contributed by atoms with Crippen molar-refractivity contribution >= 4 is 21.5 Å². The van der Waals surface area contributed by atoms with E-state index < -0.39 is 5.41 Å². The van der Waals surface area contributed by atoms with Crippen LogP contribution in [-0.2, 0) is 5.41 Å². The average molecular weight is 647 g/mol. The highest BCUT2D eigenvalue weighted by Gasteiger charge is 2.52. The summed E-state index contributed by atoms with van der Waals surface area (Å²) in [7, 11) is 0. The van der Waals surface area contributed by atoms with Crippen molar-refractivity contribution in [1.82, 2.24) is 9.97 Å². The number of pyridine rings is 2. The van der Waals surface area contributed by atoms with Crippen LogP contribution in [0.15, 0.2) is 182 Å². The van der Waals surface area contributed by atoms with Crippen molar-refractivity contribution < 1.29 is 0 Å². The van der Waals surface area contributed by atoms with Crippen LogP contribution in [-0.4, -0.2) is 9.97 Å². The Kier molecular flexibility index (Phi) is 5.91. The van der Waals surface area contributed by atoms with Gasteiger partial charge in [-0.25, -0.2) is 4.98 Å². The molecule has 2 heterocycles. The lowest BCUT2D eigenvalue weighted by Gasteiger charge is -2.31. The van der Waals surface area contributed by atoms with Crippen LogP contribution >= 0.6 is 0 Å². The van der Waals surface area contributed by atoms with Crippen molar-refractivity contribution in [3.05, 3.63) is 204 Å².